The predicted molar refractivity (Wildman–Crippen MR) is 159 cm³/mol. The molecular formula is C33H28N2O7. The molecule has 9 nitrogen and oxygen atoms in total. The molecule has 0 saturated heterocycles. The lowest BCUT2D eigenvalue weighted by Crippen LogP contribution is -2.43. The first-order valence-electron chi connectivity index (χ1n) is 13.5. The fourth-order valence-electron chi connectivity index (χ4n) is 5.77. The highest BCUT2D eigenvalue weighted by Gasteiger charge is 2.26. The van der Waals surface area contributed by atoms with Crippen LogP contribution >= 0.6 is 0 Å². The highest BCUT2D eigenvalue weighted by Crippen LogP contribution is 2.41. The van der Waals surface area contributed by atoms with Gasteiger partial charge < -0.3 is 29.3 Å². The number of benzene rings is 3. The molecule has 0 aliphatic rings. The first-order chi connectivity index (χ1) is 20.1. The Morgan fingerprint density at radius 1 is 1.00 bits per heavy atom. The molecule has 3 aromatic heterocycles. The molecule has 0 aliphatic carbocycles. The number of carbonyl (C=O) groups excluding carboxylic acids is 1. The summed E-state index contributed by atoms with van der Waals surface area (Å²) in [6, 6.07) is 15.2. The number of hydrogen-bond acceptors (Lipinski definition) is 6. The summed E-state index contributed by atoms with van der Waals surface area (Å²) in [5, 5.41) is 24.4. The second-order valence-corrected chi connectivity index (χ2v) is 10.5. The molecule has 3 heterocycles. The fraction of sp³-hybridized carbons (Fsp3) is 0.182. The van der Waals surface area contributed by atoms with E-state index < -0.39 is 23.5 Å². The lowest BCUT2D eigenvalue weighted by molar-refractivity contribution is -0.141. The molecule has 6 aromatic rings. The van der Waals surface area contributed by atoms with Crippen LogP contribution in [0.3, 0.4) is 0 Å². The number of carboxylic acids is 1. The number of amides is 1. The molecule has 212 valence electrons. The van der Waals surface area contributed by atoms with Crippen molar-refractivity contribution >= 4 is 44.7 Å². The first kappa shape index (κ1) is 26.9. The number of H-pyrrole nitrogens is 1. The van der Waals surface area contributed by atoms with Crippen LogP contribution in [-0.2, 0) is 22.4 Å². The average Bonchev–Trinajstić information content (AvgIpc) is 3.51. The van der Waals surface area contributed by atoms with Crippen molar-refractivity contribution in [2.45, 2.75) is 39.7 Å². The largest absolute Gasteiger partial charge is 0.508 e. The molecule has 0 spiro atoms. The van der Waals surface area contributed by atoms with E-state index in [1.807, 2.05) is 44.2 Å². The Labute approximate surface area is 239 Å². The van der Waals surface area contributed by atoms with Gasteiger partial charge in [-0.05, 0) is 67.3 Å². The number of rotatable bonds is 7. The van der Waals surface area contributed by atoms with E-state index in [4.69, 9.17) is 8.83 Å². The van der Waals surface area contributed by atoms with Gasteiger partial charge in [0.05, 0.1) is 17.4 Å². The van der Waals surface area contributed by atoms with Crippen molar-refractivity contribution in [2.24, 2.45) is 0 Å². The summed E-state index contributed by atoms with van der Waals surface area (Å²) in [5.74, 6) is -1.10. The fourth-order valence-corrected chi connectivity index (χ4v) is 5.77. The first-order valence-corrected chi connectivity index (χ1v) is 13.5. The third kappa shape index (κ3) is 4.58. The number of aromatic hydroxyl groups is 1. The molecular weight excluding hydrogens is 536 g/mol. The number of aromatic nitrogens is 1. The van der Waals surface area contributed by atoms with Gasteiger partial charge in [-0.25, -0.2) is 9.59 Å². The van der Waals surface area contributed by atoms with Crippen LogP contribution in [0.5, 0.6) is 5.75 Å². The van der Waals surface area contributed by atoms with Crippen molar-refractivity contribution in [3.8, 4) is 16.9 Å². The maximum absolute atomic E-state index is 13.1. The number of aliphatic carboxylic acids is 1. The molecule has 0 fully saturated rings. The zero-order valence-electron chi connectivity index (χ0n) is 23.2. The van der Waals surface area contributed by atoms with E-state index in [9.17, 15) is 24.6 Å². The van der Waals surface area contributed by atoms with Crippen molar-refractivity contribution in [1.82, 2.24) is 10.3 Å². The monoisotopic (exact) mass is 564 g/mol. The standard InChI is InChI=1S/C33H28N2O7/c1-16-11-26-29(31-28(16)30(18(3)41-31)19-7-5-4-6-8-19)17(2)22(33(40)42-26)14-27(37)35-25(32(38)39)12-20-15-34-24-10-9-21(36)13-23(20)24/h4-11,13,15,25,34,36H,12,14H2,1-3H3,(H,35,37)(H,38,39). The lowest BCUT2D eigenvalue weighted by Gasteiger charge is -2.15. The van der Waals surface area contributed by atoms with E-state index in [1.165, 1.54) is 12.1 Å². The number of aromatic amines is 1. The number of carboxylic acid groups (broad SMARTS) is 1. The van der Waals surface area contributed by atoms with Gasteiger partial charge >= 0.3 is 11.6 Å². The highest BCUT2D eigenvalue weighted by molar-refractivity contribution is 6.11. The molecule has 1 unspecified atom stereocenters. The Bertz CT molecular complexity index is 2080. The van der Waals surface area contributed by atoms with Crippen LogP contribution < -0.4 is 10.9 Å². The number of furan rings is 1. The second-order valence-electron chi connectivity index (χ2n) is 10.5. The van der Waals surface area contributed by atoms with Crippen LogP contribution in [0.4, 0.5) is 0 Å². The minimum absolute atomic E-state index is 0.0241. The summed E-state index contributed by atoms with van der Waals surface area (Å²) in [7, 11) is 0. The number of nitrogens with one attached hydrogen (secondary N) is 2. The Morgan fingerprint density at radius 2 is 1.76 bits per heavy atom. The topological polar surface area (TPSA) is 146 Å². The number of aryl methyl sites for hydroxylation is 3. The number of phenolic OH excluding ortho intramolecular Hbond substituents is 1. The van der Waals surface area contributed by atoms with Crippen LogP contribution in [-0.4, -0.2) is 33.1 Å². The summed E-state index contributed by atoms with van der Waals surface area (Å²) in [6.07, 6.45) is 1.25. The van der Waals surface area contributed by atoms with Gasteiger partial charge in [0.25, 0.3) is 0 Å². The van der Waals surface area contributed by atoms with E-state index in [0.29, 0.717) is 38.8 Å². The van der Waals surface area contributed by atoms with Crippen molar-refractivity contribution in [2.75, 3.05) is 0 Å². The minimum Gasteiger partial charge on any atom is -0.508 e. The van der Waals surface area contributed by atoms with Crippen molar-refractivity contribution in [1.29, 1.82) is 0 Å². The maximum Gasteiger partial charge on any atom is 0.340 e. The van der Waals surface area contributed by atoms with Crippen LogP contribution in [0.25, 0.3) is 44.0 Å². The smallest absolute Gasteiger partial charge is 0.340 e. The number of carbonyl (C=O) groups is 2. The van der Waals surface area contributed by atoms with Gasteiger partial charge in [-0.1, -0.05) is 30.3 Å². The van der Waals surface area contributed by atoms with Gasteiger partial charge in [-0.2, -0.15) is 0 Å². The molecule has 0 aliphatic heterocycles. The highest BCUT2D eigenvalue weighted by atomic mass is 16.4. The van der Waals surface area contributed by atoms with Crippen LogP contribution in [0.1, 0.15) is 28.0 Å². The third-order valence-corrected chi connectivity index (χ3v) is 7.78. The van der Waals surface area contributed by atoms with E-state index in [1.54, 1.807) is 25.3 Å². The van der Waals surface area contributed by atoms with Crippen molar-refractivity contribution in [3.63, 3.8) is 0 Å². The van der Waals surface area contributed by atoms with Crippen LogP contribution in [0, 0.1) is 20.8 Å². The minimum atomic E-state index is -1.26. The summed E-state index contributed by atoms with van der Waals surface area (Å²) >= 11 is 0. The SMILES string of the molecule is Cc1oc2c(c(C)cc3oc(=O)c(CC(=O)NC(Cc4c[nH]c5ccc(O)cc45)C(=O)O)c(C)c32)c1-c1ccccc1. The maximum atomic E-state index is 13.1. The molecule has 0 saturated carbocycles. The summed E-state index contributed by atoms with van der Waals surface area (Å²) in [5.41, 5.74) is 5.09. The van der Waals surface area contributed by atoms with Gasteiger partial charge in [-0.3, -0.25) is 4.79 Å². The Morgan fingerprint density at radius 3 is 2.50 bits per heavy atom. The van der Waals surface area contributed by atoms with Gasteiger partial charge in [0, 0.05) is 34.5 Å². The number of hydrogen-bond donors (Lipinski definition) is 4. The average molecular weight is 565 g/mol. The predicted octanol–water partition coefficient (Wildman–Crippen LogP) is 5.67. The van der Waals surface area contributed by atoms with Gasteiger partial charge in [-0.15, -0.1) is 0 Å². The normalized spacial score (nSPS) is 12.3. The summed E-state index contributed by atoms with van der Waals surface area (Å²) < 4.78 is 11.9. The molecule has 42 heavy (non-hydrogen) atoms. The van der Waals surface area contributed by atoms with Crippen molar-refractivity contribution in [3.05, 3.63) is 99.2 Å². The van der Waals surface area contributed by atoms with Crippen LogP contribution in [0.2, 0.25) is 0 Å². The zero-order valence-corrected chi connectivity index (χ0v) is 23.2. The lowest BCUT2D eigenvalue weighted by atomic mass is 9.95. The third-order valence-electron chi connectivity index (χ3n) is 7.78. The molecule has 1 atom stereocenters. The van der Waals surface area contributed by atoms with Gasteiger partial charge in [0.2, 0.25) is 5.91 Å². The quantitative estimate of drug-likeness (QED) is 0.183. The second kappa shape index (κ2) is 10.3. The van der Waals surface area contributed by atoms with E-state index in [0.717, 1.165) is 27.6 Å². The number of fused-ring (bicyclic) bond motifs is 4. The Balaban J connectivity index is 1.35. The zero-order chi connectivity index (χ0) is 29.7. The van der Waals surface area contributed by atoms with E-state index in [-0.39, 0.29) is 24.2 Å². The van der Waals surface area contributed by atoms with Crippen LogP contribution in [0.15, 0.2) is 74.4 Å². The Hall–Kier alpha value is -5.31. The molecule has 9 heteroatoms. The van der Waals surface area contributed by atoms with Gasteiger partial charge in [0.15, 0.2) is 0 Å². The Kier molecular flexibility index (Phi) is 6.57. The molecule has 4 N–H and O–H groups in total. The molecule has 0 radical (unpaired) electrons. The van der Waals surface area contributed by atoms with E-state index >= 15 is 0 Å². The molecule has 0 bridgehead atoms. The number of phenols is 1. The summed E-state index contributed by atoms with van der Waals surface area (Å²) in [6.45, 7) is 5.56. The van der Waals surface area contributed by atoms with Gasteiger partial charge in [0.1, 0.15) is 28.7 Å². The molecule has 6 rings (SSSR count). The molecule has 3 aromatic carbocycles. The summed E-state index contributed by atoms with van der Waals surface area (Å²) in [4.78, 5) is 41.3. The molecule has 1 amide bonds. The van der Waals surface area contributed by atoms with Crippen molar-refractivity contribution < 1.29 is 28.6 Å². The van der Waals surface area contributed by atoms with E-state index in [2.05, 4.69) is 10.3 Å².